The predicted octanol–water partition coefficient (Wildman–Crippen LogP) is 6.05. The summed E-state index contributed by atoms with van der Waals surface area (Å²) in [4.78, 5) is 4.28. The molecule has 0 spiro atoms. The Morgan fingerprint density at radius 1 is 1.60 bits per heavy atom. The predicted molar refractivity (Wildman–Crippen MR) is 89.2 cm³/mol. The van der Waals surface area contributed by atoms with Crippen molar-refractivity contribution in [3.05, 3.63) is 37.4 Å². The minimum atomic E-state index is 0.155. The number of rotatable bonds is 7. The van der Waals surface area contributed by atoms with Crippen LogP contribution in [0.3, 0.4) is 0 Å². The molecule has 1 unspecified atom stereocenters. The van der Waals surface area contributed by atoms with E-state index in [1.165, 1.54) is 31.2 Å². The van der Waals surface area contributed by atoms with E-state index in [1.54, 1.807) is 17.4 Å². The molecule has 106 valence electrons. The Bertz CT molecular complexity index is 530. The lowest BCUT2D eigenvalue weighted by Crippen LogP contribution is -2.03. The van der Waals surface area contributed by atoms with Crippen LogP contribution in [-0.2, 0) is 6.42 Å². The first kappa shape index (κ1) is 17.0. The van der Waals surface area contributed by atoms with Gasteiger partial charge in [0.05, 0.1) is 16.4 Å². The van der Waals surface area contributed by atoms with Gasteiger partial charge in [0.15, 0.2) is 0 Å². The Hall–Kier alpha value is -1.10. The van der Waals surface area contributed by atoms with E-state index >= 15 is 0 Å². The van der Waals surface area contributed by atoms with Crippen molar-refractivity contribution in [1.82, 2.24) is 0 Å². The van der Waals surface area contributed by atoms with Crippen molar-refractivity contribution in [1.29, 1.82) is 5.26 Å². The molecule has 0 aliphatic rings. The van der Waals surface area contributed by atoms with Gasteiger partial charge in [0.25, 0.3) is 5.70 Å². The first-order valence-corrected chi connectivity index (χ1v) is 8.52. The highest BCUT2D eigenvalue weighted by Crippen LogP contribution is 2.32. The molecular formula is C16H19BrN2S. The van der Waals surface area contributed by atoms with Crippen molar-refractivity contribution < 1.29 is 0 Å². The summed E-state index contributed by atoms with van der Waals surface area (Å²) in [5.74, 6) is 0.682. The van der Waals surface area contributed by atoms with Crippen molar-refractivity contribution in [3.63, 3.8) is 0 Å². The third-order valence-corrected chi connectivity index (χ3v) is 4.99. The first-order chi connectivity index (χ1) is 9.64. The largest absolute Gasteiger partial charge is 0.263 e. The lowest BCUT2D eigenvalue weighted by molar-refractivity contribution is 0.449. The molecule has 0 saturated carbocycles. The second-order valence-corrected chi connectivity index (χ2v) is 7.28. The standard InChI is InChI=1S/C16H19BrN2S/c1-4-6-7-12(5-2)8-13-9-16(17)20-15(13)10-14(11-18)19-3/h9-10,12H,4-8H2,1-2H3/b14-10-. The van der Waals surface area contributed by atoms with Crippen LogP contribution in [0.1, 0.15) is 50.0 Å². The van der Waals surface area contributed by atoms with E-state index in [-0.39, 0.29) is 5.70 Å². The van der Waals surface area contributed by atoms with Crippen LogP contribution in [0.2, 0.25) is 0 Å². The van der Waals surface area contributed by atoms with Crippen LogP contribution in [0.4, 0.5) is 0 Å². The topological polar surface area (TPSA) is 28.1 Å². The Morgan fingerprint density at radius 3 is 2.90 bits per heavy atom. The van der Waals surface area contributed by atoms with Crippen LogP contribution in [-0.4, -0.2) is 0 Å². The summed E-state index contributed by atoms with van der Waals surface area (Å²) in [6.07, 6.45) is 7.65. The van der Waals surface area contributed by atoms with Gasteiger partial charge in [0, 0.05) is 4.88 Å². The zero-order chi connectivity index (χ0) is 15.0. The van der Waals surface area contributed by atoms with Crippen LogP contribution < -0.4 is 0 Å². The van der Waals surface area contributed by atoms with E-state index in [1.807, 2.05) is 6.07 Å². The SMILES string of the molecule is [C-]#[N+]/C(C#N)=C\c1sc(Br)cc1CC(CC)CCCC. The summed E-state index contributed by atoms with van der Waals surface area (Å²) in [5.41, 5.74) is 1.41. The fraction of sp³-hybridized carbons (Fsp3) is 0.500. The van der Waals surface area contributed by atoms with E-state index in [4.69, 9.17) is 11.8 Å². The fourth-order valence-corrected chi connectivity index (χ4v) is 3.81. The van der Waals surface area contributed by atoms with Gasteiger partial charge in [-0.25, -0.2) is 10.1 Å². The van der Waals surface area contributed by atoms with Crippen molar-refractivity contribution >= 4 is 33.3 Å². The molecule has 1 heterocycles. The summed E-state index contributed by atoms with van der Waals surface area (Å²) >= 11 is 5.11. The van der Waals surface area contributed by atoms with E-state index in [0.29, 0.717) is 5.92 Å². The summed E-state index contributed by atoms with van der Waals surface area (Å²) < 4.78 is 1.06. The molecule has 1 rings (SSSR count). The molecule has 0 fully saturated rings. The Morgan fingerprint density at radius 2 is 2.35 bits per heavy atom. The molecular weight excluding hydrogens is 332 g/mol. The highest BCUT2D eigenvalue weighted by molar-refractivity contribution is 9.11. The molecule has 0 amide bonds. The van der Waals surface area contributed by atoms with Crippen molar-refractivity contribution in [2.45, 2.75) is 46.0 Å². The molecule has 0 aliphatic heterocycles. The molecule has 1 atom stereocenters. The maximum atomic E-state index is 8.89. The fourth-order valence-electron chi connectivity index (χ4n) is 2.16. The van der Waals surface area contributed by atoms with Gasteiger partial charge >= 0.3 is 0 Å². The van der Waals surface area contributed by atoms with Gasteiger partial charge in [-0.15, -0.1) is 11.3 Å². The van der Waals surface area contributed by atoms with Crippen LogP contribution in [0.15, 0.2) is 15.5 Å². The minimum absolute atomic E-state index is 0.155. The Kier molecular flexibility index (Phi) is 7.59. The Labute approximate surface area is 134 Å². The molecule has 4 heteroatoms. The zero-order valence-corrected chi connectivity index (χ0v) is 14.4. The first-order valence-electron chi connectivity index (χ1n) is 6.92. The second-order valence-electron chi connectivity index (χ2n) is 4.81. The molecule has 1 aromatic heterocycles. The number of thiophene rings is 1. The van der Waals surface area contributed by atoms with E-state index < -0.39 is 0 Å². The highest BCUT2D eigenvalue weighted by Gasteiger charge is 2.13. The number of nitriles is 1. The van der Waals surface area contributed by atoms with Gasteiger partial charge < -0.3 is 0 Å². The van der Waals surface area contributed by atoms with Crippen LogP contribution >= 0.6 is 27.3 Å². The molecule has 0 aliphatic carbocycles. The van der Waals surface area contributed by atoms with Gasteiger partial charge in [-0.3, -0.25) is 0 Å². The summed E-state index contributed by atoms with van der Waals surface area (Å²) in [5, 5.41) is 8.89. The van der Waals surface area contributed by atoms with Crippen molar-refractivity contribution in [2.75, 3.05) is 0 Å². The lowest BCUT2D eigenvalue weighted by atomic mass is 9.92. The van der Waals surface area contributed by atoms with Crippen LogP contribution in [0, 0.1) is 23.8 Å². The number of allylic oxidation sites excluding steroid dienone is 1. The van der Waals surface area contributed by atoms with Gasteiger partial charge in [-0.2, -0.15) is 0 Å². The molecule has 20 heavy (non-hydrogen) atoms. The minimum Gasteiger partial charge on any atom is -0.227 e. The van der Waals surface area contributed by atoms with Gasteiger partial charge in [-0.05, 0) is 46.0 Å². The third-order valence-electron chi connectivity index (χ3n) is 3.37. The van der Waals surface area contributed by atoms with E-state index in [2.05, 4.69) is 40.7 Å². The van der Waals surface area contributed by atoms with E-state index in [9.17, 15) is 0 Å². The van der Waals surface area contributed by atoms with Gasteiger partial charge in [0.1, 0.15) is 0 Å². The molecule has 1 aromatic rings. The second kappa shape index (κ2) is 8.95. The smallest absolute Gasteiger partial charge is 0.227 e. The number of hydrogen-bond acceptors (Lipinski definition) is 2. The quantitative estimate of drug-likeness (QED) is 0.434. The van der Waals surface area contributed by atoms with Gasteiger partial charge in [0.2, 0.25) is 0 Å². The molecule has 2 nitrogen and oxygen atoms in total. The normalized spacial score (nSPS) is 12.8. The summed E-state index contributed by atoms with van der Waals surface area (Å²) in [7, 11) is 0. The third kappa shape index (κ3) is 5.12. The molecule has 0 saturated heterocycles. The monoisotopic (exact) mass is 350 g/mol. The van der Waals surface area contributed by atoms with Crippen LogP contribution in [0.25, 0.3) is 10.9 Å². The summed E-state index contributed by atoms with van der Waals surface area (Å²) in [6.45, 7) is 11.4. The molecule has 0 aromatic carbocycles. The number of unbranched alkanes of at least 4 members (excludes halogenated alkanes) is 1. The van der Waals surface area contributed by atoms with Crippen molar-refractivity contribution in [2.24, 2.45) is 5.92 Å². The summed E-state index contributed by atoms with van der Waals surface area (Å²) in [6, 6.07) is 4.07. The number of halogens is 1. The van der Waals surface area contributed by atoms with Crippen LogP contribution in [0.5, 0.6) is 0 Å². The molecule has 0 N–H and O–H groups in total. The lowest BCUT2D eigenvalue weighted by Gasteiger charge is -2.14. The van der Waals surface area contributed by atoms with Crippen molar-refractivity contribution in [3.8, 4) is 6.07 Å². The maximum absolute atomic E-state index is 8.89. The number of nitrogens with zero attached hydrogens (tertiary/aromatic N) is 2. The highest BCUT2D eigenvalue weighted by atomic mass is 79.9. The number of hydrogen-bond donors (Lipinski definition) is 0. The average Bonchev–Trinajstić information content (AvgIpc) is 2.80. The molecule has 0 bridgehead atoms. The van der Waals surface area contributed by atoms with E-state index in [0.717, 1.165) is 15.1 Å². The Balaban J connectivity index is 2.93. The van der Waals surface area contributed by atoms with Gasteiger partial charge in [-0.1, -0.05) is 39.5 Å². The zero-order valence-electron chi connectivity index (χ0n) is 11.9. The average molecular weight is 351 g/mol. The maximum Gasteiger partial charge on any atom is 0.263 e. The molecule has 0 radical (unpaired) electrons.